The molecular weight excluding hydrogens is 468 g/mol. The van der Waals surface area contributed by atoms with Gasteiger partial charge in [-0.2, -0.15) is 4.39 Å². The summed E-state index contributed by atoms with van der Waals surface area (Å²) < 4.78 is 69.5. The molecule has 196 valence electrons. The molecule has 36 heavy (non-hydrogen) atoms. The third-order valence-electron chi connectivity index (χ3n) is 7.76. The van der Waals surface area contributed by atoms with Crippen molar-refractivity contribution in [2.24, 2.45) is 5.92 Å². The maximum Gasteiger partial charge on any atom is 0.200 e. The Labute approximate surface area is 211 Å². The standard InChI is InChI=1S/C30H36F4O2/c1-3-35-23-14-11-21(12-15-23)24-16-13-22(27(31)28(24)32)10-7-19-5-8-20(9-6-19)25-17-18-26(36-4-2)30(34)29(25)33/h11,13,16-20,23H,3-10,12,14-15H2,1-2H3. The molecule has 2 nitrogen and oxygen atoms in total. The van der Waals surface area contributed by atoms with Gasteiger partial charge in [0.1, 0.15) is 0 Å². The highest BCUT2D eigenvalue weighted by Gasteiger charge is 2.27. The number of allylic oxidation sites excluding steroid dienone is 1. The Morgan fingerprint density at radius 1 is 0.806 bits per heavy atom. The van der Waals surface area contributed by atoms with Crippen molar-refractivity contribution in [3.63, 3.8) is 0 Å². The van der Waals surface area contributed by atoms with E-state index in [1.165, 1.54) is 6.07 Å². The Morgan fingerprint density at radius 3 is 2.25 bits per heavy atom. The van der Waals surface area contributed by atoms with E-state index in [2.05, 4.69) is 0 Å². The minimum Gasteiger partial charge on any atom is -0.491 e. The van der Waals surface area contributed by atoms with Crippen molar-refractivity contribution >= 4 is 5.57 Å². The molecular formula is C30H36F4O2. The monoisotopic (exact) mass is 504 g/mol. The van der Waals surface area contributed by atoms with Crippen molar-refractivity contribution in [1.29, 1.82) is 0 Å². The number of benzene rings is 2. The summed E-state index contributed by atoms with van der Waals surface area (Å²) in [7, 11) is 0. The molecule has 2 aliphatic carbocycles. The van der Waals surface area contributed by atoms with E-state index in [1.54, 1.807) is 25.1 Å². The van der Waals surface area contributed by atoms with Gasteiger partial charge in [-0.15, -0.1) is 0 Å². The van der Waals surface area contributed by atoms with E-state index in [-0.39, 0.29) is 24.4 Å². The van der Waals surface area contributed by atoms with Crippen LogP contribution in [0.2, 0.25) is 0 Å². The van der Waals surface area contributed by atoms with Gasteiger partial charge in [0, 0.05) is 12.2 Å². The van der Waals surface area contributed by atoms with Crippen molar-refractivity contribution in [2.45, 2.75) is 83.7 Å². The smallest absolute Gasteiger partial charge is 0.200 e. The maximum atomic E-state index is 14.9. The van der Waals surface area contributed by atoms with Crippen LogP contribution in [0.25, 0.3) is 5.57 Å². The first-order chi connectivity index (χ1) is 17.4. The quantitative estimate of drug-likeness (QED) is 0.319. The lowest BCUT2D eigenvalue weighted by molar-refractivity contribution is 0.0579. The molecule has 1 fully saturated rings. The number of aryl methyl sites for hydroxylation is 1. The van der Waals surface area contributed by atoms with Crippen LogP contribution in [0.3, 0.4) is 0 Å². The average Bonchev–Trinajstić information content (AvgIpc) is 2.89. The van der Waals surface area contributed by atoms with Crippen molar-refractivity contribution in [1.82, 2.24) is 0 Å². The summed E-state index contributed by atoms with van der Waals surface area (Å²) in [5, 5.41) is 0. The van der Waals surface area contributed by atoms with Gasteiger partial charge in [-0.3, -0.25) is 0 Å². The summed E-state index contributed by atoms with van der Waals surface area (Å²) in [6.45, 7) is 4.63. The first-order valence-corrected chi connectivity index (χ1v) is 13.3. The van der Waals surface area contributed by atoms with Crippen LogP contribution < -0.4 is 4.74 Å². The topological polar surface area (TPSA) is 18.5 Å². The van der Waals surface area contributed by atoms with Gasteiger partial charge in [-0.1, -0.05) is 24.3 Å². The number of hydrogen-bond donors (Lipinski definition) is 0. The molecule has 1 unspecified atom stereocenters. The fourth-order valence-electron chi connectivity index (χ4n) is 5.72. The SMILES string of the molecule is CCOc1ccc(C2CCC(CCc3ccc(C4=CCC(OCC)CC4)c(F)c3F)CC2)c(F)c1F. The van der Waals surface area contributed by atoms with Crippen LogP contribution in [0.5, 0.6) is 5.75 Å². The predicted molar refractivity (Wildman–Crippen MR) is 134 cm³/mol. The molecule has 1 saturated carbocycles. The van der Waals surface area contributed by atoms with Gasteiger partial charge in [0.15, 0.2) is 23.2 Å². The number of halogens is 4. The van der Waals surface area contributed by atoms with Crippen LogP contribution >= 0.6 is 0 Å². The molecule has 1 atom stereocenters. The van der Waals surface area contributed by atoms with Gasteiger partial charge >= 0.3 is 0 Å². The fourth-order valence-corrected chi connectivity index (χ4v) is 5.72. The van der Waals surface area contributed by atoms with Crippen LogP contribution in [0, 0.1) is 29.2 Å². The molecule has 0 saturated heterocycles. The minimum atomic E-state index is -0.921. The Morgan fingerprint density at radius 2 is 1.58 bits per heavy atom. The Hall–Kier alpha value is -2.34. The van der Waals surface area contributed by atoms with Crippen LogP contribution in [-0.4, -0.2) is 19.3 Å². The molecule has 0 bridgehead atoms. The van der Waals surface area contributed by atoms with Gasteiger partial charge in [0.25, 0.3) is 0 Å². The summed E-state index contributed by atoms with van der Waals surface area (Å²) in [5.41, 5.74) is 2.02. The van der Waals surface area contributed by atoms with E-state index in [0.29, 0.717) is 42.1 Å². The summed E-state index contributed by atoms with van der Waals surface area (Å²) >= 11 is 0. The lowest BCUT2D eigenvalue weighted by Gasteiger charge is -2.29. The average molecular weight is 505 g/mol. The Kier molecular flexibility index (Phi) is 9.10. The lowest BCUT2D eigenvalue weighted by Crippen LogP contribution is -2.16. The third kappa shape index (κ3) is 5.96. The highest BCUT2D eigenvalue weighted by Crippen LogP contribution is 2.40. The van der Waals surface area contributed by atoms with Gasteiger partial charge < -0.3 is 9.47 Å². The molecule has 0 N–H and O–H groups in total. The van der Waals surface area contributed by atoms with Crippen LogP contribution in [0.1, 0.15) is 87.8 Å². The second kappa shape index (κ2) is 12.3. The lowest BCUT2D eigenvalue weighted by atomic mass is 9.76. The molecule has 6 heteroatoms. The number of ether oxygens (including phenoxy) is 2. The molecule has 0 aliphatic heterocycles. The molecule has 2 aromatic carbocycles. The van der Waals surface area contributed by atoms with E-state index in [4.69, 9.17) is 9.47 Å². The zero-order valence-electron chi connectivity index (χ0n) is 21.2. The van der Waals surface area contributed by atoms with E-state index in [9.17, 15) is 17.6 Å². The molecule has 0 spiro atoms. The van der Waals surface area contributed by atoms with Gasteiger partial charge in [0.2, 0.25) is 5.82 Å². The summed E-state index contributed by atoms with van der Waals surface area (Å²) in [6.07, 6.45) is 8.79. The van der Waals surface area contributed by atoms with E-state index in [0.717, 1.165) is 50.5 Å². The van der Waals surface area contributed by atoms with Crippen LogP contribution in [-0.2, 0) is 11.2 Å². The molecule has 0 heterocycles. The Balaban J connectivity index is 1.32. The van der Waals surface area contributed by atoms with Gasteiger partial charge in [0.05, 0.1) is 12.7 Å². The largest absolute Gasteiger partial charge is 0.491 e. The van der Waals surface area contributed by atoms with Crippen molar-refractivity contribution < 1.29 is 27.0 Å². The van der Waals surface area contributed by atoms with Crippen LogP contribution in [0.4, 0.5) is 17.6 Å². The second-order valence-electron chi connectivity index (χ2n) is 9.95. The van der Waals surface area contributed by atoms with E-state index in [1.807, 2.05) is 13.0 Å². The van der Waals surface area contributed by atoms with Crippen molar-refractivity contribution in [3.05, 3.63) is 70.3 Å². The second-order valence-corrected chi connectivity index (χ2v) is 9.95. The molecule has 0 amide bonds. The zero-order valence-corrected chi connectivity index (χ0v) is 21.2. The first-order valence-electron chi connectivity index (χ1n) is 13.3. The van der Waals surface area contributed by atoms with Crippen LogP contribution in [0.15, 0.2) is 30.3 Å². The fraction of sp³-hybridized carbons (Fsp3) is 0.533. The highest BCUT2D eigenvalue weighted by atomic mass is 19.2. The normalized spacial score (nSPS) is 22.4. The number of rotatable bonds is 9. The van der Waals surface area contributed by atoms with Gasteiger partial charge in [-0.25, -0.2) is 13.2 Å². The molecule has 2 aliphatic rings. The van der Waals surface area contributed by atoms with Crippen molar-refractivity contribution in [3.8, 4) is 5.75 Å². The highest BCUT2D eigenvalue weighted by molar-refractivity contribution is 5.67. The zero-order chi connectivity index (χ0) is 25.7. The predicted octanol–water partition coefficient (Wildman–Crippen LogP) is 8.52. The summed E-state index contributed by atoms with van der Waals surface area (Å²) in [4.78, 5) is 0. The minimum absolute atomic E-state index is 0.0361. The van der Waals surface area contributed by atoms with E-state index >= 15 is 0 Å². The Bertz CT molecular complexity index is 1070. The molecule has 0 aromatic heterocycles. The third-order valence-corrected chi connectivity index (χ3v) is 7.76. The summed E-state index contributed by atoms with van der Waals surface area (Å²) in [6, 6.07) is 6.56. The van der Waals surface area contributed by atoms with Gasteiger partial charge in [-0.05, 0) is 106 Å². The maximum absolute atomic E-state index is 14.9. The van der Waals surface area contributed by atoms with Crippen molar-refractivity contribution in [2.75, 3.05) is 13.2 Å². The van der Waals surface area contributed by atoms with E-state index < -0.39 is 23.3 Å². The molecule has 4 rings (SSSR count). The number of hydrogen-bond acceptors (Lipinski definition) is 2. The summed E-state index contributed by atoms with van der Waals surface area (Å²) in [5.74, 6) is -2.98. The molecule has 0 radical (unpaired) electrons. The molecule has 2 aromatic rings. The first kappa shape index (κ1) is 26.7.